The molecular formula is C18H26N2O3. The van der Waals surface area contributed by atoms with Crippen LogP contribution < -0.4 is 10.6 Å². The van der Waals surface area contributed by atoms with Gasteiger partial charge in [0.05, 0.1) is 12.6 Å². The summed E-state index contributed by atoms with van der Waals surface area (Å²) in [6.45, 7) is 8.70. The molecule has 1 aromatic carbocycles. The number of benzene rings is 1. The highest BCUT2D eigenvalue weighted by molar-refractivity contribution is 5.97. The molecule has 2 rings (SSSR count). The number of nitrogens with one attached hydrogen (secondary N) is 2. The van der Waals surface area contributed by atoms with Gasteiger partial charge in [-0.25, -0.2) is 0 Å². The summed E-state index contributed by atoms with van der Waals surface area (Å²) in [5.41, 5.74) is 1.41. The van der Waals surface area contributed by atoms with Gasteiger partial charge in [-0.3, -0.25) is 9.59 Å². The van der Waals surface area contributed by atoms with Crippen LogP contribution in [0.5, 0.6) is 0 Å². The number of amides is 2. The predicted molar refractivity (Wildman–Crippen MR) is 89.3 cm³/mol. The fourth-order valence-electron chi connectivity index (χ4n) is 2.94. The Balaban J connectivity index is 1.80. The van der Waals surface area contributed by atoms with Gasteiger partial charge in [0, 0.05) is 23.6 Å². The Bertz CT molecular complexity index is 583. The SMILES string of the molecule is CCO[C@@H]1C[C@@H](NC(=O)CNC(=O)c2ccccc2C)C1(C)C. The van der Waals surface area contributed by atoms with Crippen LogP contribution in [-0.4, -0.2) is 37.1 Å². The van der Waals surface area contributed by atoms with E-state index in [-0.39, 0.29) is 35.9 Å². The summed E-state index contributed by atoms with van der Waals surface area (Å²) in [6, 6.07) is 7.41. The van der Waals surface area contributed by atoms with Crippen LogP contribution in [0.1, 0.15) is 43.1 Å². The molecule has 0 saturated heterocycles. The van der Waals surface area contributed by atoms with Crippen molar-refractivity contribution >= 4 is 11.8 Å². The number of carbonyl (C=O) groups is 2. The van der Waals surface area contributed by atoms with Crippen molar-refractivity contribution in [3.8, 4) is 0 Å². The van der Waals surface area contributed by atoms with Crippen molar-refractivity contribution in [2.24, 2.45) is 5.41 Å². The number of ether oxygens (including phenoxy) is 1. The monoisotopic (exact) mass is 318 g/mol. The summed E-state index contributed by atoms with van der Waals surface area (Å²) >= 11 is 0. The molecule has 0 aliphatic heterocycles. The first kappa shape index (κ1) is 17.5. The van der Waals surface area contributed by atoms with Crippen molar-refractivity contribution < 1.29 is 14.3 Å². The van der Waals surface area contributed by atoms with E-state index in [1.807, 2.05) is 32.0 Å². The van der Waals surface area contributed by atoms with E-state index < -0.39 is 0 Å². The normalized spacial score (nSPS) is 22.1. The molecule has 5 nitrogen and oxygen atoms in total. The maximum atomic E-state index is 12.1. The van der Waals surface area contributed by atoms with E-state index in [1.165, 1.54) is 0 Å². The molecule has 0 heterocycles. The number of aryl methyl sites for hydroxylation is 1. The second kappa shape index (κ2) is 7.13. The Kier molecular flexibility index (Phi) is 5.42. The van der Waals surface area contributed by atoms with Gasteiger partial charge in [0.25, 0.3) is 5.91 Å². The Morgan fingerprint density at radius 3 is 2.61 bits per heavy atom. The smallest absolute Gasteiger partial charge is 0.251 e. The van der Waals surface area contributed by atoms with E-state index in [2.05, 4.69) is 24.5 Å². The fraction of sp³-hybridized carbons (Fsp3) is 0.556. The molecule has 0 radical (unpaired) electrons. The van der Waals surface area contributed by atoms with Crippen LogP contribution in [0.3, 0.4) is 0 Å². The molecule has 1 fully saturated rings. The Morgan fingerprint density at radius 2 is 2.00 bits per heavy atom. The van der Waals surface area contributed by atoms with Gasteiger partial charge < -0.3 is 15.4 Å². The summed E-state index contributed by atoms with van der Waals surface area (Å²) in [7, 11) is 0. The van der Waals surface area contributed by atoms with Crippen molar-refractivity contribution in [2.75, 3.05) is 13.2 Å². The number of hydrogen-bond donors (Lipinski definition) is 2. The van der Waals surface area contributed by atoms with Gasteiger partial charge in [-0.1, -0.05) is 32.0 Å². The molecule has 1 aromatic rings. The number of rotatable bonds is 6. The Hall–Kier alpha value is -1.88. The van der Waals surface area contributed by atoms with E-state index in [4.69, 9.17) is 4.74 Å². The van der Waals surface area contributed by atoms with E-state index >= 15 is 0 Å². The minimum absolute atomic E-state index is 0.0148. The minimum atomic E-state index is -0.224. The van der Waals surface area contributed by atoms with Crippen LogP contribution in [0.2, 0.25) is 0 Å². The standard InChI is InChI=1S/C18H26N2O3/c1-5-23-15-10-14(18(15,3)4)20-16(21)11-19-17(22)13-9-7-6-8-12(13)2/h6-9,14-15H,5,10-11H2,1-4H3,(H,19,22)(H,20,21)/t14-,15-/m1/s1. The molecule has 1 saturated carbocycles. The van der Waals surface area contributed by atoms with Crippen LogP contribution >= 0.6 is 0 Å². The zero-order valence-electron chi connectivity index (χ0n) is 14.3. The molecule has 23 heavy (non-hydrogen) atoms. The highest BCUT2D eigenvalue weighted by Gasteiger charge is 2.49. The molecule has 1 aliphatic carbocycles. The molecule has 0 bridgehead atoms. The molecule has 2 amide bonds. The maximum absolute atomic E-state index is 12.1. The lowest BCUT2D eigenvalue weighted by Crippen LogP contribution is -2.62. The van der Waals surface area contributed by atoms with Gasteiger partial charge in [0.2, 0.25) is 5.91 Å². The molecule has 0 spiro atoms. The zero-order chi connectivity index (χ0) is 17.0. The first-order chi connectivity index (χ1) is 10.9. The topological polar surface area (TPSA) is 67.4 Å². The molecular weight excluding hydrogens is 292 g/mol. The first-order valence-corrected chi connectivity index (χ1v) is 8.11. The van der Waals surface area contributed by atoms with Gasteiger partial charge in [-0.15, -0.1) is 0 Å². The molecule has 2 atom stereocenters. The summed E-state index contributed by atoms with van der Waals surface area (Å²) in [5.74, 6) is -0.390. The lowest BCUT2D eigenvalue weighted by molar-refractivity contribution is -0.135. The van der Waals surface area contributed by atoms with Crippen molar-refractivity contribution in [3.05, 3.63) is 35.4 Å². The maximum Gasteiger partial charge on any atom is 0.251 e. The second-order valence-corrected chi connectivity index (χ2v) is 6.62. The van der Waals surface area contributed by atoms with E-state index in [1.54, 1.807) is 6.07 Å². The average molecular weight is 318 g/mol. The summed E-state index contributed by atoms with van der Waals surface area (Å²) < 4.78 is 5.65. The van der Waals surface area contributed by atoms with Gasteiger partial charge in [-0.05, 0) is 31.9 Å². The van der Waals surface area contributed by atoms with Gasteiger partial charge in [-0.2, -0.15) is 0 Å². The van der Waals surface area contributed by atoms with Crippen molar-refractivity contribution in [3.63, 3.8) is 0 Å². The molecule has 2 N–H and O–H groups in total. The third kappa shape index (κ3) is 3.91. The van der Waals surface area contributed by atoms with Crippen LogP contribution in [-0.2, 0) is 9.53 Å². The summed E-state index contributed by atoms with van der Waals surface area (Å²) in [5, 5.41) is 5.66. The summed E-state index contributed by atoms with van der Waals surface area (Å²) in [4.78, 5) is 24.1. The third-order valence-electron chi connectivity index (χ3n) is 4.68. The highest BCUT2D eigenvalue weighted by atomic mass is 16.5. The van der Waals surface area contributed by atoms with E-state index in [0.717, 1.165) is 12.0 Å². The van der Waals surface area contributed by atoms with Crippen molar-refractivity contribution in [1.82, 2.24) is 10.6 Å². The second-order valence-electron chi connectivity index (χ2n) is 6.62. The minimum Gasteiger partial charge on any atom is -0.378 e. The lowest BCUT2D eigenvalue weighted by atomic mass is 9.64. The lowest BCUT2D eigenvalue weighted by Gasteiger charge is -2.51. The van der Waals surface area contributed by atoms with Crippen LogP contribution in [0.4, 0.5) is 0 Å². The zero-order valence-corrected chi connectivity index (χ0v) is 14.3. The molecule has 0 unspecified atom stereocenters. The molecule has 0 aromatic heterocycles. The first-order valence-electron chi connectivity index (χ1n) is 8.11. The Labute approximate surface area is 137 Å². The van der Waals surface area contributed by atoms with Crippen LogP contribution in [0.15, 0.2) is 24.3 Å². The van der Waals surface area contributed by atoms with Gasteiger partial charge in [0.15, 0.2) is 0 Å². The van der Waals surface area contributed by atoms with E-state index in [0.29, 0.717) is 12.2 Å². The average Bonchev–Trinajstić information content (AvgIpc) is 2.52. The third-order valence-corrected chi connectivity index (χ3v) is 4.68. The molecule has 126 valence electrons. The van der Waals surface area contributed by atoms with E-state index in [9.17, 15) is 9.59 Å². The highest BCUT2D eigenvalue weighted by Crippen LogP contribution is 2.42. The fourth-order valence-corrected chi connectivity index (χ4v) is 2.94. The predicted octanol–water partition coefficient (Wildman–Crippen LogP) is 2.04. The summed E-state index contributed by atoms with van der Waals surface area (Å²) in [6.07, 6.45) is 0.998. The van der Waals surface area contributed by atoms with Crippen molar-refractivity contribution in [2.45, 2.75) is 46.3 Å². The number of carbonyl (C=O) groups excluding carboxylic acids is 2. The Morgan fingerprint density at radius 1 is 1.30 bits per heavy atom. The van der Waals surface area contributed by atoms with Crippen molar-refractivity contribution in [1.29, 1.82) is 0 Å². The molecule has 1 aliphatic rings. The van der Waals surface area contributed by atoms with Gasteiger partial charge in [0.1, 0.15) is 0 Å². The quantitative estimate of drug-likeness (QED) is 0.843. The molecule has 5 heteroatoms. The number of hydrogen-bond acceptors (Lipinski definition) is 3. The van der Waals surface area contributed by atoms with Gasteiger partial charge >= 0.3 is 0 Å². The van der Waals surface area contributed by atoms with Crippen LogP contribution in [0, 0.1) is 12.3 Å². The van der Waals surface area contributed by atoms with Crippen LogP contribution in [0.25, 0.3) is 0 Å². The largest absolute Gasteiger partial charge is 0.378 e.